The zero-order valence-electron chi connectivity index (χ0n) is 10.0. The van der Waals surface area contributed by atoms with Gasteiger partial charge in [-0.3, -0.25) is 4.99 Å². The average molecular weight is 225 g/mol. The SMILES string of the molecule is Cc1ccc(C)c(C=Nc2ccccc2)c1O. The fourth-order valence-electron chi connectivity index (χ4n) is 1.63. The molecule has 0 aliphatic rings. The fraction of sp³-hybridized carbons (Fsp3) is 0.133. The van der Waals surface area contributed by atoms with Crippen LogP contribution >= 0.6 is 0 Å². The lowest BCUT2D eigenvalue weighted by Gasteiger charge is -2.06. The van der Waals surface area contributed by atoms with Crippen molar-refractivity contribution in [2.75, 3.05) is 0 Å². The first-order valence-electron chi connectivity index (χ1n) is 5.57. The summed E-state index contributed by atoms with van der Waals surface area (Å²) >= 11 is 0. The van der Waals surface area contributed by atoms with Gasteiger partial charge in [0.15, 0.2) is 0 Å². The van der Waals surface area contributed by atoms with Gasteiger partial charge in [-0.2, -0.15) is 0 Å². The first kappa shape index (κ1) is 11.4. The number of aliphatic imine (C=N–C) groups is 1. The fourth-order valence-corrected chi connectivity index (χ4v) is 1.63. The van der Waals surface area contributed by atoms with E-state index in [0.29, 0.717) is 5.75 Å². The van der Waals surface area contributed by atoms with Crippen LogP contribution < -0.4 is 0 Å². The molecule has 0 heterocycles. The van der Waals surface area contributed by atoms with Gasteiger partial charge in [0.05, 0.1) is 5.69 Å². The number of aromatic hydroxyl groups is 1. The molecule has 0 aromatic heterocycles. The number of aryl methyl sites for hydroxylation is 2. The number of benzene rings is 2. The van der Waals surface area contributed by atoms with Crippen molar-refractivity contribution < 1.29 is 5.11 Å². The molecule has 1 N–H and O–H groups in total. The van der Waals surface area contributed by atoms with E-state index in [1.165, 1.54) is 0 Å². The third-order valence-electron chi connectivity index (χ3n) is 2.74. The molecule has 2 aromatic carbocycles. The smallest absolute Gasteiger partial charge is 0.127 e. The van der Waals surface area contributed by atoms with Crippen LogP contribution in [0.4, 0.5) is 5.69 Å². The van der Waals surface area contributed by atoms with Crippen LogP contribution in [0.1, 0.15) is 16.7 Å². The molecule has 0 aliphatic heterocycles. The van der Waals surface area contributed by atoms with E-state index < -0.39 is 0 Å². The molecule has 0 spiro atoms. The Morgan fingerprint density at radius 1 is 0.941 bits per heavy atom. The van der Waals surface area contributed by atoms with Crippen LogP contribution in [-0.2, 0) is 0 Å². The Morgan fingerprint density at radius 2 is 1.59 bits per heavy atom. The number of hydrogen-bond donors (Lipinski definition) is 1. The van der Waals surface area contributed by atoms with Crippen LogP contribution in [0, 0.1) is 13.8 Å². The molecule has 0 unspecified atom stereocenters. The van der Waals surface area contributed by atoms with Crippen LogP contribution in [0.2, 0.25) is 0 Å². The molecule has 2 nitrogen and oxygen atoms in total. The summed E-state index contributed by atoms with van der Waals surface area (Å²) in [6.07, 6.45) is 1.72. The highest BCUT2D eigenvalue weighted by Crippen LogP contribution is 2.24. The molecule has 17 heavy (non-hydrogen) atoms. The third-order valence-corrected chi connectivity index (χ3v) is 2.74. The maximum atomic E-state index is 9.97. The summed E-state index contributed by atoms with van der Waals surface area (Å²) in [7, 11) is 0. The van der Waals surface area contributed by atoms with Crippen molar-refractivity contribution in [1.29, 1.82) is 0 Å². The Bertz CT molecular complexity index is 544. The standard InChI is InChI=1S/C15H15NO/c1-11-8-9-12(2)15(17)14(11)10-16-13-6-4-3-5-7-13/h3-10,17H,1-2H3. The molecular weight excluding hydrogens is 210 g/mol. The van der Waals surface area contributed by atoms with Crippen molar-refractivity contribution in [3.8, 4) is 5.75 Å². The van der Waals surface area contributed by atoms with Gasteiger partial charge >= 0.3 is 0 Å². The molecule has 0 amide bonds. The topological polar surface area (TPSA) is 32.6 Å². The van der Waals surface area contributed by atoms with Gasteiger partial charge in [-0.05, 0) is 37.1 Å². The molecule has 0 fully saturated rings. The van der Waals surface area contributed by atoms with E-state index in [2.05, 4.69) is 4.99 Å². The number of nitrogens with zero attached hydrogens (tertiary/aromatic N) is 1. The van der Waals surface area contributed by atoms with Gasteiger partial charge < -0.3 is 5.11 Å². The van der Waals surface area contributed by atoms with Gasteiger partial charge in [0.2, 0.25) is 0 Å². The molecule has 2 aromatic rings. The van der Waals surface area contributed by atoms with E-state index in [-0.39, 0.29) is 0 Å². The van der Waals surface area contributed by atoms with E-state index in [4.69, 9.17) is 0 Å². The summed E-state index contributed by atoms with van der Waals surface area (Å²) in [6, 6.07) is 13.6. The Hall–Kier alpha value is -2.09. The van der Waals surface area contributed by atoms with Gasteiger partial charge in [0.1, 0.15) is 5.75 Å². The zero-order valence-corrected chi connectivity index (χ0v) is 10.0. The summed E-state index contributed by atoms with van der Waals surface area (Å²) in [4.78, 5) is 4.35. The first-order valence-corrected chi connectivity index (χ1v) is 5.57. The number of rotatable bonds is 2. The van der Waals surface area contributed by atoms with Gasteiger partial charge in [-0.25, -0.2) is 0 Å². The number of hydrogen-bond acceptors (Lipinski definition) is 2. The van der Waals surface area contributed by atoms with Crippen LogP contribution in [0.25, 0.3) is 0 Å². The van der Waals surface area contributed by atoms with E-state index in [9.17, 15) is 5.11 Å². The molecule has 0 saturated carbocycles. The summed E-state index contributed by atoms with van der Waals surface area (Å²) in [5.74, 6) is 0.310. The minimum atomic E-state index is 0.310. The van der Waals surface area contributed by atoms with Crippen molar-refractivity contribution in [2.45, 2.75) is 13.8 Å². The van der Waals surface area contributed by atoms with Gasteiger partial charge in [0, 0.05) is 11.8 Å². The van der Waals surface area contributed by atoms with Crippen LogP contribution in [0.5, 0.6) is 5.75 Å². The lowest BCUT2D eigenvalue weighted by molar-refractivity contribution is 0.470. The third kappa shape index (κ3) is 2.53. The van der Waals surface area contributed by atoms with Crippen LogP contribution in [0.15, 0.2) is 47.5 Å². The maximum Gasteiger partial charge on any atom is 0.127 e. The average Bonchev–Trinajstić information content (AvgIpc) is 2.35. The van der Waals surface area contributed by atoms with Crippen molar-refractivity contribution in [2.24, 2.45) is 4.99 Å². The highest BCUT2D eigenvalue weighted by atomic mass is 16.3. The number of phenols is 1. The molecule has 0 saturated heterocycles. The zero-order chi connectivity index (χ0) is 12.3. The molecule has 0 radical (unpaired) electrons. The maximum absolute atomic E-state index is 9.97. The van der Waals surface area contributed by atoms with Crippen LogP contribution in [-0.4, -0.2) is 11.3 Å². The lowest BCUT2D eigenvalue weighted by atomic mass is 10.0. The second-order valence-electron chi connectivity index (χ2n) is 4.06. The van der Waals surface area contributed by atoms with E-state index in [0.717, 1.165) is 22.4 Å². The predicted octanol–water partition coefficient (Wildman–Crippen LogP) is 3.76. The monoisotopic (exact) mass is 225 g/mol. The minimum absolute atomic E-state index is 0.310. The summed E-state index contributed by atoms with van der Waals surface area (Å²) < 4.78 is 0. The van der Waals surface area contributed by atoms with E-state index in [1.54, 1.807) is 6.21 Å². The molecule has 86 valence electrons. The lowest BCUT2D eigenvalue weighted by Crippen LogP contribution is -1.90. The normalized spacial score (nSPS) is 10.9. The Kier molecular flexibility index (Phi) is 3.24. The number of para-hydroxylation sites is 1. The second kappa shape index (κ2) is 4.83. The van der Waals surface area contributed by atoms with Crippen molar-refractivity contribution in [3.63, 3.8) is 0 Å². The second-order valence-corrected chi connectivity index (χ2v) is 4.06. The Labute approximate surface area is 101 Å². The van der Waals surface area contributed by atoms with Crippen molar-refractivity contribution >= 4 is 11.9 Å². The minimum Gasteiger partial charge on any atom is -0.507 e. The Balaban J connectivity index is 2.37. The number of phenolic OH excluding ortho intramolecular Hbond substituents is 1. The van der Waals surface area contributed by atoms with Gasteiger partial charge in [-0.1, -0.05) is 30.3 Å². The van der Waals surface area contributed by atoms with Gasteiger partial charge in [-0.15, -0.1) is 0 Å². The molecule has 2 rings (SSSR count). The Morgan fingerprint density at radius 3 is 2.29 bits per heavy atom. The van der Waals surface area contributed by atoms with E-state index >= 15 is 0 Å². The first-order chi connectivity index (χ1) is 8.18. The summed E-state index contributed by atoms with van der Waals surface area (Å²) in [5.41, 5.74) is 3.56. The summed E-state index contributed by atoms with van der Waals surface area (Å²) in [6.45, 7) is 3.85. The molecule has 0 aliphatic carbocycles. The highest BCUT2D eigenvalue weighted by Gasteiger charge is 2.04. The molecule has 0 bridgehead atoms. The van der Waals surface area contributed by atoms with Crippen molar-refractivity contribution in [3.05, 3.63) is 59.2 Å². The summed E-state index contributed by atoms with van der Waals surface area (Å²) in [5, 5.41) is 9.97. The molecule has 0 atom stereocenters. The largest absolute Gasteiger partial charge is 0.507 e. The van der Waals surface area contributed by atoms with Crippen molar-refractivity contribution in [1.82, 2.24) is 0 Å². The highest BCUT2D eigenvalue weighted by molar-refractivity contribution is 5.87. The quantitative estimate of drug-likeness (QED) is 0.775. The predicted molar refractivity (Wildman–Crippen MR) is 71.3 cm³/mol. The molecular formula is C15H15NO. The van der Waals surface area contributed by atoms with Crippen LogP contribution in [0.3, 0.4) is 0 Å². The van der Waals surface area contributed by atoms with E-state index in [1.807, 2.05) is 56.3 Å². The molecule has 2 heteroatoms. The van der Waals surface area contributed by atoms with Gasteiger partial charge in [0.25, 0.3) is 0 Å².